The molecule has 1 unspecified atom stereocenters. The van der Waals surface area contributed by atoms with E-state index >= 15 is 0 Å². The Morgan fingerprint density at radius 3 is 2.55 bits per heavy atom. The number of rotatable bonds is 2. The van der Waals surface area contributed by atoms with Crippen molar-refractivity contribution < 1.29 is 0 Å². The van der Waals surface area contributed by atoms with Crippen LogP contribution in [0, 0.1) is 11.3 Å². The predicted octanol–water partition coefficient (Wildman–Crippen LogP) is 3.55. The van der Waals surface area contributed by atoms with Crippen LogP contribution in [0.3, 0.4) is 0 Å². The minimum atomic E-state index is 0.473. The molecule has 0 saturated carbocycles. The second-order valence-electron chi connectivity index (χ2n) is 4.00. The molecule has 62 valence electrons. The third-order valence-electron chi connectivity index (χ3n) is 2.90. The maximum Gasteiger partial charge on any atom is -0.0144 e. The van der Waals surface area contributed by atoms with Crippen LogP contribution in [0.15, 0.2) is 24.3 Å². The second-order valence-corrected chi connectivity index (χ2v) is 4.00. The van der Waals surface area contributed by atoms with Crippen molar-refractivity contribution >= 4 is 0 Å². The zero-order valence-corrected chi connectivity index (χ0v) is 7.80. The third kappa shape index (κ3) is 1.95. The Balaban J connectivity index is 2.61. The molecule has 1 aliphatic carbocycles. The van der Waals surface area contributed by atoms with Gasteiger partial charge in [0.2, 0.25) is 0 Å². The van der Waals surface area contributed by atoms with Gasteiger partial charge in [-0.25, -0.2) is 0 Å². The van der Waals surface area contributed by atoms with Crippen LogP contribution in [0.5, 0.6) is 0 Å². The maximum absolute atomic E-state index is 2.35. The molecule has 0 nitrogen and oxygen atoms in total. The SMILES string of the molecule is CCC(C)(C)C1C=CC=CC1. The lowest BCUT2D eigenvalue weighted by Crippen LogP contribution is -2.21. The highest BCUT2D eigenvalue weighted by Gasteiger charge is 2.24. The summed E-state index contributed by atoms with van der Waals surface area (Å²) in [6.45, 7) is 6.97. The number of allylic oxidation sites excluding steroid dienone is 4. The lowest BCUT2D eigenvalue weighted by molar-refractivity contribution is 0.249. The van der Waals surface area contributed by atoms with Crippen molar-refractivity contribution in [1.29, 1.82) is 0 Å². The second kappa shape index (κ2) is 3.25. The zero-order valence-electron chi connectivity index (χ0n) is 7.80. The van der Waals surface area contributed by atoms with Crippen LogP contribution in [0.1, 0.15) is 33.6 Å². The minimum absolute atomic E-state index is 0.473. The summed E-state index contributed by atoms with van der Waals surface area (Å²) in [6, 6.07) is 0. The normalized spacial score (nSPS) is 24.1. The quantitative estimate of drug-likeness (QED) is 0.564. The van der Waals surface area contributed by atoms with Gasteiger partial charge in [0.05, 0.1) is 0 Å². The number of hydrogen-bond donors (Lipinski definition) is 0. The van der Waals surface area contributed by atoms with Crippen molar-refractivity contribution in [2.24, 2.45) is 11.3 Å². The fraction of sp³-hybridized carbons (Fsp3) is 0.636. The monoisotopic (exact) mass is 150 g/mol. The van der Waals surface area contributed by atoms with Gasteiger partial charge in [0, 0.05) is 0 Å². The first-order chi connectivity index (χ1) is 5.17. The van der Waals surface area contributed by atoms with Crippen molar-refractivity contribution in [2.75, 3.05) is 0 Å². The van der Waals surface area contributed by atoms with E-state index in [2.05, 4.69) is 45.1 Å². The van der Waals surface area contributed by atoms with Gasteiger partial charge in [0.25, 0.3) is 0 Å². The smallest absolute Gasteiger partial charge is 0.0144 e. The molecule has 0 fully saturated rings. The van der Waals surface area contributed by atoms with E-state index in [0.717, 1.165) is 5.92 Å². The van der Waals surface area contributed by atoms with E-state index in [4.69, 9.17) is 0 Å². The Morgan fingerprint density at radius 2 is 2.09 bits per heavy atom. The van der Waals surface area contributed by atoms with Gasteiger partial charge < -0.3 is 0 Å². The van der Waals surface area contributed by atoms with Gasteiger partial charge >= 0.3 is 0 Å². The Hall–Kier alpha value is -0.520. The van der Waals surface area contributed by atoms with E-state index in [1.165, 1.54) is 12.8 Å². The fourth-order valence-corrected chi connectivity index (χ4v) is 1.42. The van der Waals surface area contributed by atoms with Crippen molar-refractivity contribution in [3.8, 4) is 0 Å². The molecule has 0 bridgehead atoms. The Labute approximate surface area is 70.0 Å². The summed E-state index contributed by atoms with van der Waals surface area (Å²) in [7, 11) is 0. The van der Waals surface area contributed by atoms with Gasteiger partial charge in [0.15, 0.2) is 0 Å². The van der Waals surface area contributed by atoms with Gasteiger partial charge in [-0.2, -0.15) is 0 Å². The highest BCUT2D eigenvalue weighted by atomic mass is 14.3. The van der Waals surface area contributed by atoms with Crippen LogP contribution in [-0.4, -0.2) is 0 Å². The predicted molar refractivity (Wildman–Crippen MR) is 50.5 cm³/mol. The van der Waals surface area contributed by atoms with Crippen LogP contribution in [0.25, 0.3) is 0 Å². The molecule has 1 aliphatic rings. The zero-order chi connectivity index (χ0) is 8.32. The van der Waals surface area contributed by atoms with E-state index in [-0.39, 0.29) is 0 Å². The molecule has 11 heavy (non-hydrogen) atoms. The van der Waals surface area contributed by atoms with Gasteiger partial charge in [-0.15, -0.1) is 0 Å². The molecule has 0 heteroatoms. The van der Waals surface area contributed by atoms with E-state index in [1.54, 1.807) is 0 Å². The minimum Gasteiger partial charge on any atom is -0.0839 e. The Kier molecular flexibility index (Phi) is 2.53. The highest BCUT2D eigenvalue weighted by Crippen LogP contribution is 2.35. The molecule has 0 N–H and O–H groups in total. The largest absolute Gasteiger partial charge is 0.0839 e. The average Bonchev–Trinajstić information content (AvgIpc) is 2.06. The average molecular weight is 150 g/mol. The molecular weight excluding hydrogens is 132 g/mol. The van der Waals surface area contributed by atoms with E-state index < -0.39 is 0 Å². The summed E-state index contributed by atoms with van der Waals surface area (Å²) in [6.07, 6.45) is 11.4. The van der Waals surface area contributed by atoms with Crippen molar-refractivity contribution in [3.05, 3.63) is 24.3 Å². The summed E-state index contributed by atoms with van der Waals surface area (Å²) >= 11 is 0. The molecule has 0 saturated heterocycles. The van der Waals surface area contributed by atoms with Crippen LogP contribution in [0.4, 0.5) is 0 Å². The van der Waals surface area contributed by atoms with Gasteiger partial charge in [-0.3, -0.25) is 0 Å². The van der Waals surface area contributed by atoms with Crippen LogP contribution >= 0.6 is 0 Å². The Morgan fingerprint density at radius 1 is 1.36 bits per heavy atom. The van der Waals surface area contributed by atoms with Crippen LogP contribution in [-0.2, 0) is 0 Å². The first kappa shape index (κ1) is 8.58. The molecule has 0 aromatic heterocycles. The molecule has 0 aliphatic heterocycles. The van der Waals surface area contributed by atoms with Crippen LogP contribution < -0.4 is 0 Å². The molecule has 0 aromatic rings. The van der Waals surface area contributed by atoms with E-state index in [1.807, 2.05) is 0 Å². The first-order valence-electron chi connectivity index (χ1n) is 4.50. The standard InChI is InChI=1S/C11H18/c1-4-11(2,3)10-8-6-5-7-9-10/h5-8,10H,4,9H2,1-3H3. The molecule has 0 spiro atoms. The summed E-state index contributed by atoms with van der Waals surface area (Å²) in [4.78, 5) is 0. The highest BCUT2D eigenvalue weighted by molar-refractivity contribution is 5.12. The maximum atomic E-state index is 2.35. The van der Waals surface area contributed by atoms with Crippen molar-refractivity contribution in [3.63, 3.8) is 0 Å². The van der Waals surface area contributed by atoms with Crippen molar-refractivity contribution in [1.82, 2.24) is 0 Å². The summed E-state index contributed by atoms with van der Waals surface area (Å²) in [5.74, 6) is 0.748. The third-order valence-corrected chi connectivity index (χ3v) is 2.90. The lowest BCUT2D eigenvalue weighted by atomic mass is 9.74. The van der Waals surface area contributed by atoms with Crippen molar-refractivity contribution in [2.45, 2.75) is 33.6 Å². The van der Waals surface area contributed by atoms with Gasteiger partial charge in [-0.05, 0) is 17.8 Å². The molecular formula is C11H18. The number of hydrogen-bond acceptors (Lipinski definition) is 0. The summed E-state index contributed by atoms with van der Waals surface area (Å²) < 4.78 is 0. The summed E-state index contributed by atoms with van der Waals surface area (Å²) in [5, 5.41) is 0. The van der Waals surface area contributed by atoms with Gasteiger partial charge in [0.1, 0.15) is 0 Å². The lowest BCUT2D eigenvalue weighted by Gasteiger charge is -2.31. The van der Waals surface area contributed by atoms with E-state index in [0.29, 0.717) is 5.41 Å². The molecule has 1 rings (SSSR count). The van der Waals surface area contributed by atoms with Gasteiger partial charge in [-0.1, -0.05) is 51.5 Å². The molecule has 1 atom stereocenters. The summed E-state index contributed by atoms with van der Waals surface area (Å²) in [5.41, 5.74) is 0.473. The topological polar surface area (TPSA) is 0 Å². The molecule has 0 amide bonds. The van der Waals surface area contributed by atoms with E-state index in [9.17, 15) is 0 Å². The molecule has 0 radical (unpaired) electrons. The van der Waals surface area contributed by atoms with Crippen LogP contribution in [0.2, 0.25) is 0 Å². The Bertz CT molecular complexity index is 172. The molecule has 0 aromatic carbocycles. The molecule has 0 heterocycles. The first-order valence-corrected chi connectivity index (χ1v) is 4.50. The fourth-order valence-electron chi connectivity index (χ4n) is 1.42.